The number of carbonyl (C=O) groups is 1. The van der Waals surface area contributed by atoms with E-state index in [-0.39, 0.29) is 20.1 Å². The molecule has 3 heterocycles. The number of benzene rings is 5. The quantitative estimate of drug-likeness (QED) is 0.0948. The van der Waals surface area contributed by atoms with Crippen LogP contribution in [0.2, 0.25) is 0 Å². The molecule has 0 aliphatic carbocycles. The Kier molecular flexibility index (Phi) is 11.9. The Morgan fingerprint density at radius 2 is 1.27 bits per heavy atom. The van der Waals surface area contributed by atoms with Crippen molar-refractivity contribution in [2.45, 2.75) is 6.92 Å². The van der Waals surface area contributed by atoms with Crippen LogP contribution in [0.4, 0.5) is 0 Å². The third-order valence-corrected chi connectivity index (χ3v) is 9.41. The van der Waals surface area contributed by atoms with Crippen LogP contribution in [0.15, 0.2) is 164 Å². The number of esters is 1. The molecule has 0 aliphatic heterocycles. The van der Waals surface area contributed by atoms with Crippen LogP contribution in [0.5, 0.6) is 0 Å². The number of aryl methyl sites for hydroxylation is 1. The fourth-order valence-electron chi connectivity index (χ4n) is 6.54. The number of ether oxygens (including phenoxy) is 1. The van der Waals surface area contributed by atoms with Crippen molar-refractivity contribution >= 4 is 16.7 Å². The van der Waals surface area contributed by atoms with E-state index >= 15 is 0 Å². The number of aromatic nitrogens is 3. The van der Waals surface area contributed by atoms with Crippen LogP contribution in [0.1, 0.15) is 27.2 Å². The number of fused-ring (bicyclic) bond motifs is 1. The van der Waals surface area contributed by atoms with Crippen molar-refractivity contribution in [3.8, 4) is 56.0 Å². The van der Waals surface area contributed by atoms with Crippen molar-refractivity contribution in [1.29, 1.82) is 0 Å². The van der Waals surface area contributed by atoms with E-state index in [0.29, 0.717) is 5.69 Å². The third-order valence-electron chi connectivity index (χ3n) is 9.41. The number of nitrogens with zero attached hydrogens (tertiary/aromatic N) is 3. The first kappa shape index (κ1) is 38.3. The Bertz CT molecular complexity index is 2580. The maximum absolute atomic E-state index is 12.2. The molecule has 8 rings (SSSR count). The summed E-state index contributed by atoms with van der Waals surface area (Å²) in [5.74, 6) is -0.535. The molecule has 5 aromatic carbocycles. The molecule has 0 amide bonds. The van der Waals surface area contributed by atoms with Crippen LogP contribution < -0.4 is 4.57 Å². The second-order valence-corrected chi connectivity index (χ2v) is 12.9. The second kappa shape index (κ2) is 17.1. The molecule has 0 saturated carbocycles. The first-order valence-electron chi connectivity index (χ1n) is 17.5. The number of carbonyl (C=O) groups excluding carboxylic acids is 1. The van der Waals surface area contributed by atoms with Crippen LogP contribution >= 0.6 is 0 Å². The average Bonchev–Trinajstić information content (AvgIpc) is 3.22. The average molecular weight is 893 g/mol. The topological polar surface area (TPSA) is 56.0 Å². The van der Waals surface area contributed by atoms with Gasteiger partial charge >= 0.3 is 5.97 Å². The van der Waals surface area contributed by atoms with Crippen molar-refractivity contribution in [2.75, 3.05) is 0 Å². The molecule has 273 valence electrons. The van der Waals surface area contributed by atoms with E-state index in [1.165, 1.54) is 10.9 Å². The SMILES string of the molecule is [CH2-]OC(=O)c1cc(-c2ccc(C)cc2)cc(-c2ccccc2[CH2-])[n+]1[CH2-].[CH2-]c1c(-c2ccccn2)cc(-c2ccccc2)cc1-c1nccc2ccccc12.[Ir]. The molecule has 1 radical (unpaired) electrons. The van der Waals surface area contributed by atoms with E-state index in [9.17, 15) is 4.79 Å². The van der Waals surface area contributed by atoms with E-state index in [1.54, 1.807) is 10.6 Å². The van der Waals surface area contributed by atoms with Crippen LogP contribution in [0.25, 0.3) is 66.8 Å². The third kappa shape index (κ3) is 8.22. The zero-order chi connectivity index (χ0) is 37.6. The van der Waals surface area contributed by atoms with E-state index in [2.05, 4.69) is 98.4 Å². The number of rotatable bonds is 6. The van der Waals surface area contributed by atoms with E-state index in [4.69, 9.17) is 4.98 Å². The van der Waals surface area contributed by atoms with Gasteiger partial charge in [-0.1, -0.05) is 103 Å². The summed E-state index contributed by atoms with van der Waals surface area (Å²) in [5.41, 5.74) is 13.1. The van der Waals surface area contributed by atoms with Crippen molar-refractivity contribution in [1.82, 2.24) is 9.97 Å². The normalized spacial score (nSPS) is 10.5. The summed E-state index contributed by atoms with van der Waals surface area (Å²) >= 11 is 0. The minimum atomic E-state index is -0.535. The summed E-state index contributed by atoms with van der Waals surface area (Å²) in [6.45, 7) is 10.5. The maximum Gasteiger partial charge on any atom is 0.313 e. The minimum Gasteiger partial charge on any atom is -0.642 e. The predicted octanol–water partition coefficient (Wildman–Crippen LogP) is 11.2. The molecule has 5 nitrogen and oxygen atoms in total. The second-order valence-electron chi connectivity index (χ2n) is 12.9. The Hall–Kier alpha value is -6.46. The molecular weight excluding hydrogens is 855 g/mol. The maximum atomic E-state index is 12.2. The fourth-order valence-corrected chi connectivity index (χ4v) is 6.54. The van der Waals surface area contributed by atoms with Gasteiger partial charge < -0.3 is 9.30 Å². The van der Waals surface area contributed by atoms with Gasteiger partial charge in [0, 0.05) is 50.9 Å². The Morgan fingerprint density at radius 1 is 0.618 bits per heavy atom. The standard InChI is InChI=1S/C27H19N2.C22H19NO2.Ir/c1-19-24(26-13-7-8-15-28-26)17-22(20-9-3-2-4-10-20)18-25(19)27-23-12-6-5-11-21(23)14-16-29-27;1-15-9-11-17(12-10-15)18-13-20(19-8-6-5-7-16(19)2)23(3)21(14-18)22(24)25-4;/h2-18H,1H2;5-14H,2-4H2,1H3;/q-1;-2;. The smallest absolute Gasteiger partial charge is 0.313 e. The fraction of sp³-hybridized carbons (Fsp3) is 0.0204. The van der Waals surface area contributed by atoms with Gasteiger partial charge in [0.1, 0.15) is 0 Å². The van der Waals surface area contributed by atoms with Crippen molar-refractivity contribution in [3.05, 3.63) is 214 Å². The Balaban J connectivity index is 0.000000186. The number of hydrogen-bond acceptors (Lipinski definition) is 4. The molecule has 3 aromatic heterocycles. The van der Waals surface area contributed by atoms with Gasteiger partial charge in [0.2, 0.25) is 0 Å². The summed E-state index contributed by atoms with van der Waals surface area (Å²) in [5, 5.41) is 2.29. The largest absolute Gasteiger partial charge is 0.642 e. The first-order chi connectivity index (χ1) is 26.3. The summed E-state index contributed by atoms with van der Waals surface area (Å²) in [4.78, 5) is 21.5. The Labute approximate surface area is 336 Å². The van der Waals surface area contributed by atoms with Crippen molar-refractivity contribution < 1.29 is 34.2 Å². The molecular formula is C49H38IrN3O2-3. The summed E-state index contributed by atoms with van der Waals surface area (Å²) in [6, 6.07) is 50.7. The van der Waals surface area contributed by atoms with E-state index in [0.717, 1.165) is 72.5 Å². The van der Waals surface area contributed by atoms with Crippen LogP contribution in [0, 0.1) is 34.9 Å². The molecule has 0 unspecified atom stereocenters. The molecule has 0 N–H and O–H groups in total. The van der Waals surface area contributed by atoms with Crippen molar-refractivity contribution in [3.63, 3.8) is 0 Å². The van der Waals surface area contributed by atoms with Gasteiger partial charge in [-0.05, 0) is 64.2 Å². The number of pyridine rings is 3. The first-order valence-corrected chi connectivity index (χ1v) is 17.5. The van der Waals surface area contributed by atoms with Crippen LogP contribution in [-0.4, -0.2) is 15.9 Å². The molecule has 6 heteroatoms. The van der Waals surface area contributed by atoms with Crippen LogP contribution in [-0.2, 0) is 24.8 Å². The Morgan fingerprint density at radius 3 is 2.00 bits per heavy atom. The number of hydrogen-bond donors (Lipinski definition) is 0. The molecule has 0 spiro atoms. The molecule has 0 fully saturated rings. The molecule has 0 aliphatic rings. The summed E-state index contributed by atoms with van der Waals surface area (Å²) in [7, 11) is 7.25. The van der Waals surface area contributed by atoms with Gasteiger partial charge in [-0.2, -0.15) is 38.2 Å². The van der Waals surface area contributed by atoms with Gasteiger partial charge in [0.05, 0.1) is 5.69 Å². The zero-order valence-corrected chi connectivity index (χ0v) is 32.8. The van der Waals surface area contributed by atoms with E-state index < -0.39 is 5.97 Å². The predicted molar refractivity (Wildman–Crippen MR) is 219 cm³/mol. The van der Waals surface area contributed by atoms with Gasteiger partial charge in [0.25, 0.3) is 0 Å². The zero-order valence-electron chi connectivity index (χ0n) is 30.4. The van der Waals surface area contributed by atoms with Gasteiger partial charge in [-0.3, -0.25) is 14.8 Å². The molecule has 0 bridgehead atoms. The summed E-state index contributed by atoms with van der Waals surface area (Å²) < 4.78 is 6.25. The van der Waals surface area contributed by atoms with Crippen molar-refractivity contribution in [2.24, 2.45) is 0 Å². The van der Waals surface area contributed by atoms with Crippen LogP contribution in [0.3, 0.4) is 0 Å². The monoisotopic (exact) mass is 893 g/mol. The van der Waals surface area contributed by atoms with Gasteiger partial charge in [-0.25, -0.2) is 0 Å². The molecule has 0 saturated heterocycles. The van der Waals surface area contributed by atoms with Gasteiger partial charge in [-0.15, -0.1) is 41.0 Å². The minimum absolute atomic E-state index is 0. The van der Waals surface area contributed by atoms with E-state index in [1.807, 2.05) is 104 Å². The molecule has 0 atom stereocenters. The summed E-state index contributed by atoms with van der Waals surface area (Å²) in [6.07, 6.45) is 3.69. The van der Waals surface area contributed by atoms with Gasteiger partial charge in [0.15, 0.2) is 5.69 Å². The molecule has 8 aromatic rings. The molecule has 55 heavy (non-hydrogen) atoms.